The highest BCUT2D eigenvalue weighted by Gasteiger charge is 2.66. The first-order chi connectivity index (χ1) is 36.2. The number of fused-ring (bicyclic) bond motifs is 3. The minimum atomic E-state index is -1.68. The molecule has 6 unspecified atom stereocenters. The number of carbonyl (C=O) groups is 2. The number of nitro benzene ring substituents is 1. The molecule has 1 fully saturated rings. The van der Waals surface area contributed by atoms with Crippen LogP contribution in [0.4, 0.5) is 10.5 Å². The zero-order valence-electron chi connectivity index (χ0n) is 41.0. The van der Waals surface area contributed by atoms with Crippen LogP contribution in [0.2, 0.25) is 0 Å². The van der Waals surface area contributed by atoms with E-state index in [4.69, 9.17) is 43.2 Å². The van der Waals surface area contributed by atoms with Crippen LogP contribution in [0.1, 0.15) is 77.9 Å². The lowest BCUT2D eigenvalue weighted by Crippen LogP contribution is -2.70. The van der Waals surface area contributed by atoms with Crippen molar-refractivity contribution >= 4 is 23.8 Å². The molecule has 0 spiro atoms. The quantitative estimate of drug-likeness (QED) is 0.0205. The van der Waals surface area contributed by atoms with Gasteiger partial charge >= 0.3 is 6.09 Å². The van der Waals surface area contributed by atoms with Gasteiger partial charge in [-0.25, -0.2) is 4.79 Å². The molecule has 1 amide bonds. The number of oxime groups is 1. The maximum absolute atomic E-state index is 15.3. The van der Waals surface area contributed by atoms with E-state index < -0.39 is 34.7 Å². The van der Waals surface area contributed by atoms with Gasteiger partial charge in [0.05, 0.1) is 35.8 Å². The summed E-state index contributed by atoms with van der Waals surface area (Å²) in [7, 11) is 1.49. The second-order valence-corrected chi connectivity index (χ2v) is 18.6. The third-order valence-corrected chi connectivity index (χ3v) is 14.1. The Labute approximate surface area is 428 Å². The van der Waals surface area contributed by atoms with Crippen LogP contribution in [-0.4, -0.2) is 83.7 Å². The first-order valence-electron chi connectivity index (χ1n) is 24.8. The van der Waals surface area contributed by atoms with Crippen molar-refractivity contribution in [1.29, 1.82) is 0 Å². The van der Waals surface area contributed by atoms with E-state index in [1.54, 1.807) is 47.4 Å². The molecule has 1 saturated carbocycles. The smallest absolute Gasteiger partial charge is 0.416 e. The van der Waals surface area contributed by atoms with E-state index in [2.05, 4.69) is 12.7 Å². The van der Waals surface area contributed by atoms with Crippen LogP contribution in [0.3, 0.4) is 0 Å². The number of ether oxygens (including phenoxy) is 7. The molecule has 2 aliphatic carbocycles. The molecule has 17 nitrogen and oxygen atoms in total. The number of rotatable bonds is 23. The van der Waals surface area contributed by atoms with E-state index in [1.807, 2.05) is 48.5 Å². The average molecular weight is 1010 g/mol. The van der Waals surface area contributed by atoms with Crippen molar-refractivity contribution in [1.82, 2.24) is 4.90 Å². The van der Waals surface area contributed by atoms with E-state index >= 15 is 4.79 Å². The van der Waals surface area contributed by atoms with Crippen molar-refractivity contribution < 1.29 is 62.7 Å². The Morgan fingerprint density at radius 2 is 1.61 bits per heavy atom. The molecule has 0 radical (unpaired) electrons. The Morgan fingerprint density at radius 1 is 0.878 bits per heavy atom. The van der Waals surface area contributed by atoms with Gasteiger partial charge in [-0.05, 0) is 115 Å². The molecule has 2 heterocycles. The molecule has 0 aromatic heterocycles. The van der Waals surface area contributed by atoms with Gasteiger partial charge in [-0.15, -0.1) is 6.58 Å². The van der Waals surface area contributed by atoms with E-state index in [-0.39, 0.29) is 69.5 Å². The average Bonchev–Trinajstić information content (AvgIpc) is 3.90. The van der Waals surface area contributed by atoms with Gasteiger partial charge in [-0.2, -0.15) is 0 Å². The predicted octanol–water partition coefficient (Wildman–Crippen LogP) is 10.5. The fourth-order valence-electron chi connectivity index (χ4n) is 10.8. The number of amides is 1. The largest absolute Gasteiger partial charge is 0.496 e. The molecular formula is C57H59N3O14. The highest BCUT2D eigenvalue weighted by molar-refractivity contribution is 6.03. The molecular weight excluding hydrogens is 951 g/mol. The van der Waals surface area contributed by atoms with Crippen LogP contribution in [0.5, 0.6) is 40.2 Å². The second-order valence-electron chi connectivity index (χ2n) is 18.6. The van der Waals surface area contributed by atoms with Crippen LogP contribution >= 0.6 is 0 Å². The summed E-state index contributed by atoms with van der Waals surface area (Å²) in [6.45, 7) is 4.22. The summed E-state index contributed by atoms with van der Waals surface area (Å²) in [4.78, 5) is 46.3. The fraction of sp³-hybridized carbons (Fsp3) is 0.351. The number of aliphatic hydroxyl groups is 2. The number of non-ortho nitro benzene ring substituents is 1. The lowest BCUT2D eigenvalue weighted by Gasteiger charge is -2.59. The maximum atomic E-state index is 15.3. The van der Waals surface area contributed by atoms with Crippen molar-refractivity contribution in [2.45, 2.75) is 75.8 Å². The molecule has 4 aliphatic rings. The topological polar surface area (TPSA) is 207 Å². The summed E-state index contributed by atoms with van der Waals surface area (Å²) < 4.78 is 44.1. The van der Waals surface area contributed by atoms with E-state index in [0.717, 1.165) is 29.5 Å². The van der Waals surface area contributed by atoms with Gasteiger partial charge in [0.1, 0.15) is 41.4 Å². The summed E-state index contributed by atoms with van der Waals surface area (Å²) in [6, 6.07) is 29.9. The predicted molar refractivity (Wildman–Crippen MR) is 272 cm³/mol. The molecule has 5 aromatic carbocycles. The third-order valence-electron chi connectivity index (χ3n) is 14.1. The van der Waals surface area contributed by atoms with Gasteiger partial charge < -0.3 is 48.2 Å². The van der Waals surface area contributed by atoms with Crippen LogP contribution in [0.15, 0.2) is 139 Å². The van der Waals surface area contributed by atoms with Gasteiger partial charge in [-0.1, -0.05) is 66.5 Å². The first kappa shape index (κ1) is 51.2. The normalized spacial score (nSPS) is 21.5. The molecule has 0 saturated heterocycles. The van der Waals surface area contributed by atoms with Gasteiger partial charge in [0, 0.05) is 49.8 Å². The van der Waals surface area contributed by atoms with Crippen molar-refractivity contribution in [3.8, 4) is 40.2 Å². The number of aliphatic hydroxyl groups excluding tert-OH is 2. The third kappa shape index (κ3) is 11.0. The number of hydrogen-bond acceptors (Lipinski definition) is 15. The Kier molecular flexibility index (Phi) is 16.2. The van der Waals surface area contributed by atoms with E-state index in [1.165, 1.54) is 31.4 Å². The molecule has 17 heteroatoms. The number of carbonyl (C=O) groups excluding carboxylic acids is 2. The number of nitro groups is 1. The lowest BCUT2D eigenvalue weighted by atomic mass is 9.55. The van der Waals surface area contributed by atoms with E-state index in [9.17, 15) is 25.1 Å². The Bertz CT molecular complexity index is 2870. The Balaban J connectivity index is 1.25. The number of benzene rings is 5. The first-order valence-corrected chi connectivity index (χ1v) is 24.8. The number of nitrogens with zero attached hydrogens (tertiary/aromatic N) is 3. The molecule has 74 heavy (non-hydrogen) atoms. The van der Waals surface area contributed by atoms with Crippen molar-refractivity contribution in [3.63, 3.8) is 0 Å². The number of allylic oxidation sites excluding steroid dienone is 1. The maximum Gasteiger partial charge on any atom is 0.416 e. The lowest BCUT2D eigenvalue weighted by molar-refractivity contribution is -0.384. The van der Waals surface area contributed by atoms with Crippen LogP contribution < -0.4 is 28.4 Å². The number of aldehydes is 1. The number of hydrogen-bond donors (Lipinski definition) is 2. The SMILES string of the molecule is C=CCOC12Oc3ccc(Oc4ccc(OC)c(C=O)c4)cc3C3C(CCCCO)C(CCCCO)C=C(C(=NOCc4ccccc4)CC1N(Cc1ccc4c(c1)OCO4)C(=O)Oc1ccc([N+](=O)[O-])cc1)C32. The van der Waals surface area contributed by atoms with Crippen molar-refractivity contribution in [3.05, 3.63) is 166 Å². The van der Waals surface area contributed by atoms with Gasteiger partial charge in [0.15, 0.2) is 17.8 Å². The molecule has 9 rings (SSSR count). The molecule has 386 valence electrons. The Morgan fingerprint density at radius 3 is 2.35 bits per heavy atom. The molecule has 5 aromatic rings. The fourth-order valence-corrected chi connectivity index (χ4v) is 10.8. The van der Waals surface area contributed by atoms with Crippen LogP contribution in [0, 0.1) is 27.9 Å². The highest BCUT2D eigenvalue weighted by atomic mass is 16.7. The summed E-state index contributed by atoms with van der Waals surface area (Å²) in [5, 5.41) is 36.8. The van der Waals surface area contributed by atoms with E-state index in [0.29, 0.717) is 83.3 Å². The zero-order chi connectivity index (χ0) is 51.6. The zero-order valence-corrected chi connectivity index (χ0v) is 41.0. The molecule has 2 aliphatic heterocycles. The standard InChI is InChI=1S/C57H59N3O14/c1-3-27-70-57-53(59(33-38-15-22-51-52(28-38)69-36-68-51)56(64)73-42-18-16-41(17-19-42)60(65)66)32-48(58-71-35-37-11-5-4-6-12-37)46-30-39(13-7-9-25-61)45(14-8-10-26-62)54(55(46)57)47-31-44(21-24-50(47)74-57)72-43-20-23-49(67-2)40(29-43)34-63/h3-6,11-12,15-24,28-31,34,39,45,53-55,61-62H,1,7-10,13-14,25-27,32-33,35-36H2,2H3. The molecule has 6 atom stereocenters. The minimum absolute atomic E-state index is 0.00141. The van der Waals surface area contributed by atoms with Gasteiger partial charge in [-0.3, -0.25) is 19.8 Å². The number of unbranched alkanes of at least 4 members (excludes halogenated alkanes) is 2. The molecule has 0 bridgehead atoms. The van der Waals surface area contributed by atoms with Crippen LogP contribution in [-0.2, 0) is 22.7 Å². The van der Waals surface area contributed by atoms with Crippen molar-refractivity contribution in [2.24, 2.45) is 22.9 Å². The van der Waals surface area contributed by atoms with Gasteiger partial charge in [0.2, 0.25) is 12.6 Å². The Hall–Kier alpha value is -7.73. The summed E-state index contributed by atoms with van der Waals surface area (Å²) in [5.74, 6) is -0.0684. The number of methoxy groups -OCH3 is 1. The summed E-state index contributed by atoms with van der Waals surface area (Å²) in [5.41, 5.74) is 3.87. The summed E-state index contributed by atoms with van der Waals surface area (Å²) >= 11 is 0. The van der Waals surface area contributed by atoms with Crippen molar-refractivity contribution in [2.75, 3.05) is 33.7 Å². The summed E-state index contributed by atoms with van der Waals surface area (Å²) in [6.07, 6.45) is 7.83. The van der Waals surface area contributed by atoms with Gasteiger partial charge in [0.25, 0.3) is 5.69 Å². The monoisotopic (exact) mass is 1010 g/mol. The second kappa shape index (κ2) is 23.4. The minimum Gasteiger partial charge on any atom is -0.496 e. The van der Waals surface area contributed by atoms with Crippen LogP contribution in [0.25, 0.3) is 0 Å². The highest BCUT2D eigenvalue weighted by Crippen LogP contribution is 2.62. The molecule has 2 N–H and O–H groups in total.